The van der Waals surface area contributed by atoms with Crippen molar-refractivity contribution in [1.82, 2.24) is 9.55 Å². The van der Waals surface area contributed by atoms with Gasteiger partial charge >= 0.3 is 0 Å². The lowest BCUT2D eigenvalue weighted by Crippen LogP contribution is -2.14. The number of aromatic nitrogens is 2. The largest absolute Gasteiger partial charge is 0.385 e. The molecule has 0 unspecified atom stereocenters. The van der Waals surface area contributed by atoms with Crippen LogP contribution < -0.4 is 0 Å². The van der Waals surface area contributed by atoms with Gasteiger partial charge in [0.15, 0.2) is 4.77 Å². The Morgan fingerprint density at radius 3 is 2.95 bits per heavy atom. The fraction of sp³-hybridized carbons (Fsp3) is 0.500. The number of benzene rings is 1. The van der Waals surface area contributed by atoms with Gasteiger partial charge in [0.1, 0.15) is 0 Å². The van der Waals surface area contributed by atoms with Crippen molar-refractivity contribution in [2.75, 3.05) is 13.7 Å². The maximum Gasteiger partial charge on any atom is 0.178 e. The zero-order valence-corrected chi connectivity index (χ0v) is 12.5. The molecule has 5 heteroatoms. The van der Waals surface area contributed by atoms with Gasteiger partial charge in [0.25, 0.3) is 0 Å². The van der Waals surface area contributed by atoms with Gasteiger partial charge in [0.05, 0.1) is 16.1 Å². The van der Waals surface area contributed by atoms with E-state index in [1.54, 1.807) is 7.11 Å². The van der Waals surface area contributed by atoms with Gasteiger partial charge in [0, 0.05) is 20.3 Å². The summed E-state index contributed by atoms with van der Waals surface area (Å²) >= 11 is 11.6. The molecule has 1 aromatic carbocycles. The zero-order chi connectivity index (χ0) is 13.5. The monoisotopic (exact) mass is 296 g/mol. The topological polar surface area (TPSA) is 29.9 Å². The molecule has 19 heavy (non-hydrogen) atoms. The molecule has 0 aliphatic heterocycles. The van der Waals surface area contributed by atoms with Crippen LogP contribution in [0.5, 0.6) is 0 Å². The Hall–Kier alpha value is -0.840. The second kappa shape index (κ2) is 4.93. The van der Waals surface area contributed by atoms with E-state index in [9.17, 15) is 0 Å². The number of hydrogen-bond donors (Lipinski definition) is 1. The van der Waals surface area contributed by atoms with Crippen molar-refractivity contribution in [1.29, 1.82) is 0 Å². The first kappa shape index (κ1) is 13.2. The van der Waals surface area contributed by atoms with Crippen LogP contribution in [0, 0.1) is 10.2 Å². The molecule has 3 nitrogen and oxygen atoms in total. The Morgan fingerprint density at radius 1 is 1.47 bits per heavy atom. The van der Waals surface area contributed by atoms with Crippen molar-refractivity contribution < 1.29 is 4.74 Å². The molecular weight excluding hydrogens is 280 g/mol. The molecule has 0 bridgehead atoms. The zero-order valence-electron chi connectivity index (χ0n) is 10.9. The summed E-state index contributed by atoms with van der Waals surface area (Å²) in [7, 11) is 1.76. The van der Waals surface area contributed by atoms with Crippen molar-refractivity contribution in [3.05, 3.63) is 28.0 Å². The van der Waals surface area contributed by atoms with Crippen LogP contribution in [0.4, 0.5) is 0 Å². The predicted octanol–water partition coefficient (Wildman–Crippen LogP) is 4.17. The first-order valence-corrected chi connectivity index (χ1v) is 7.30. The number of para-hydroxylation sites is 1. The fourth-order valence-corrected chi connectivity index (χ4v) is 3.10. The smallest absolute Gasteiger partial charge is 0.178 e. The minimum absolute atomic E-state index is 0.367. The summed E-state index contributed by atoms with van der Waals surface area (Å²) < 4.78 is 8.15. The summed E-state index contributed by atoms with van der Waals surface area (Å²) in [5.41, 5.74) is 2.41. The number of methoxy groups -OCH3 is 1. The third-order valence-corrected chi connectivity index (χ3v) is 4.68. The van der Waals surface area contributed by atoms with Crippen molar-refractivity contribution >= 4 is 34.9 Å². The van der Waals surface area contributed by atoms with E-state index < -0.39 is 0 Å². The van der Waals surface area contributed by atoms with Gasteiger partial charge < -0.3 is 14.3 Å². The summed E-state index contributed by atoms with van der Waals surface area (Å²) in [6.45, 7) is 1.77. The normalized spacial score (nSPS) is 16.9. The summed E-state index contributed by atoms with van der Waals surface area (Å²) in [4.78, 5) is 3.22. The molecule has 0 atom stereocenters. The van der Waals surface area contributed by atoms with E-state index in [0.717, 1.165) is 40.4 Å². The maximum atomic E-state index is 6.20. The third kappa shape index (κ3) is 2.45. The summed E-state index contributed by atoms with van der Waals surface area (Å²) in [6, 6.07) is 5.93. The number of H-pyrrole nitrogens is 1. The van der Waals surface area contributed by atoms with Gasteiger partial charge in [-0.25, -0.2) is 0 Å². The molecule has 0 radical (unpaired) electrons. The van der Waals surface area contributed by atoms with Crippen molar-refractivity contribution in [2.45, 2.75) is 25.8 Å². The van der Waals surface area contributed by atoms with Gasteiger partial charge in [-0.3, -0.25) is 0 Å². The Labute approximate surface area is 122 Å². The molecule has 1 N–H and O–H groups in total. The highest BCUT2D eigenvalue weighted by molar-refractivity contribution is 7.71. The van der Waals surface area contributed by atoms with E-state index in [1.165, 1.54) is 12.8 Å². The predicted molar refractivity (Wildman–Crippen MR) is 80.3 cm³/mol. The number of hydrogen-bond acceptors (Lipinski definition) is 2. The molecule has 102 valence electrons. The molecular formula is C14H17ClN2OS. The Balaban J connectivity index is 1.95. The lowest BCUT2D eigenvalue weighted by molar-refractivity contribution is 0.167. The highest BCUT2D eigenvalue weighted by atomic mass is 35.5. The lowest BCUT2D eigenvalue weighted by Gasteiger charge is -2.16. The molecule has 0 saturated heterocycles. The van der Waals surface area contributed by atoms with E-state index in [1.807, 2.05) is 12.1 Å². The van der Waals surface area contributed by atoms with E-state index in [0.29, 0.717) is 5.41 Å². The quantitative estimate of drug-likeness (QED) is 0.839. The minimum atomic E-state index is 0.367. The first-order chi connectivity index (χ1) is 9.15. The van der Waals surface area contributed by atoms with Crippen molar-refractivity contribution in [3.63, 3.8) is 0 Å². The first-order valence-electron chi connectivity index (χ1n) is 6.51. The standard InChI is InChI=1S/C14H17ClN2OS/c1-18-8-7-14(5-6-14)9-17-11-4-2-3-10(15)12(11)16-13(17)19/h2-4H,5-9H2,1H3,(H,16,19). The van der Waals surface area contributed by atoms with E-state index in [4.69, 9.17) is 28.6 Å². The highest BCUT2D eigenvalue weighted by Crippen LogP contribution is 2.50. The molecule has 1 aliphatic carbocycles. The minimum Gasteiger partial charge on any atom is -0.385 e. The molecule has 0 amide bonds. The summed E-state index contributed by atoms with van der Waals surface area (Å²) in [5.74, 6) is 0. The van der Waals surface area contributed by atoms with Gasteiger partial charge in [-0.2, -0.15) is 0 Å². The van der Waals surface area contributed by atoms with Gasteiger partial charge in [-0.05, 0) is 49.0 Å². The Bertz CT molecular complexity index is 657. The number of halogens is 1. The Kier molecular flexibility index (Phi) is 3.41. The number of aromatic amines is 1. The van der Waals surface area contributed by atoms with E-state index in [-0.39, 0.29) is 0 Å². The second-order valence-electron chi connectivity index (χ2n) is 5.39. The molecule has 1 aromatic heterocycles. The molecule has 2 aromatic rings. The van der Waals surface area contributed by atoms with Gasteiger partial charge in [0.2, 0.25) is 0 Å². The van der Waals surface area contributed by atoms with E-state index >= 15 is 0 Å². The van der Waals surface area contributed by atoms with Crippen LogP contribution in [-0.4, -0.2) is 23.3 Å². The van der Waals surface area contributed by atoms with Crippen molar-refractivity contribution in [3.8, 4) is 0 Å². The molecule has 1 fully saturated rings. The van der Waals surface area contributed by atoms with Crippen LogP contribution >= 0.6 is 23.8 Å². The summed E-state index contributed by atoms with van der Waals surface area (Å²) in [5, 5.41) is 0.726. The Morgan fingerprint density at radius 2 is 2.26 bits per heavy atom. The molecule has 1 saturated carbocycles. The third-order valence-electron chi connectivity index (χ3n) is 4.05. The number of rotatable bonds is 5. The summed E-state index contributed by atoms with van der Waals surface area (Å²) in [6.07, 6.45) is 3.61. The fourth-order valence-electron chi connectivity index (χ4n) is 2.62. The average Bonchev–Trinajstić information content (AvgIpc) is 3.09. The van der Waals surface area contributed by atoms with Crippen LogP contribution in [0.15, 0.2) is 18.2 Å². The lowest BCUT2D eigenvalue weighted by atomic mass is 10.0. The van der Waals surface area contributed by atoms with Crippen LogP contribution in [0.1, 0.15) is 19.3 Å². The number of nitrogens with zero attached hydrogens (tertiary/aromatic N) is 1. The number of fused-ring (bicyclic) bond motifs is 1. The highest BCUT2D eigenvalue weighted by Gasteiger charge is 2.42. The average molecular weight is 297 g/mol. The second-order valence-corrected chi connectivity index (χ2v) is 6.19. The van der Waals surface area contributed by atoms with Crippen LogP contribution in [0.2, 0.25) is 5.02 Å². The molecule has 1 heterocycles. The number of ether oxygens (including phenoxy) is 1. The van der Waals surface area contributed by atoms with E-state index in [2.05, 4.69) is 15.6 Å². The maximum absolute atomic E-state index is 6.20. The van der Waals surface area contributed by atoms with Gasteiger partial charge in [-0.1, -0.05) is 17.7 Å². The molecule has 0 spiro atoms. The number of imidazole rings is 1. The van der Waals surface area contributed by atoms with Crippen LogP contribution in [-0.2, 0) is 11.3 Å². The van der Waals surface area contributed by atoms with Crippen LogP contribution in [0.3, 0.4) is 0 Å². The molecule has 1 aliphatic rings. The van der Waals surface area contributed by atoms with Gasteiger partial charge in [-0.15, -0.1) is 0 Å². The molecule has 3 rings (SSSR count). The SMILES string of the molecule is COCCC1(Cn2c(=S)[nH]c3c(Cl)cccc32)CC1. The number of nitrogens with one attached hydrogen (secondary N) is 1. The van der Waals surface area contributed by atoms with Crippen molar-refractivity contribution in [2.24, 2.45) is 5.41 Å². The van der Waals surface area contributed by atoms with Crippen LogP contribution in [0.25, 0.3) is 11.0 Å².